The summed E-state index contributed by atoms with van der Waals surface area (Å²) >= 11 is 20.4. The quantitative estimate of drug-likeness (QED) is 0.0438. The van der Waals surface area contributed by atoms with Crippen molar-refractivity contribution >= 4 is 203 Å². The molecule has 0 amide bonds. The van der Waals surface area contributed by atoms with Crippen LogP contribution in [0.2, 0.25) is 15.1 Å². The Morgan fingerprint density at radius 3 is 0.713 bits per heavy atom. The summed E-state index contributed by atoms with van der Waals surface area (Å²) in [6, 6.07) is 113. The third-order valence-electron chi connectivity index (χ3n) is 24.1. The number of rotatable bonds is 16. The normalized spacial score (nSPS) is 12.0. The van der Waals surface area contributed by atoms with E-state index in [0.717, 1.165) is 145 Å². The van der Waals surface area contributed by atoms with Gasteiger partial charge in [-0.15, -0.1) is 24.0 Å². The van der Waals surface area contributed by atoms with Gasteiger partial charge in [-0.05, 0) is 259 Å². The highest BCUT2D eigenvalue weighted by Crippen LogP contribution is 2.61. The Kier molecular flexibility index (Phi) is 32.1. The highest BCUT2D eigenvalue weighted by molar-refractivity contribution is 14.1. The fraction of sp³-hybridized carbons (Fsp3) is 0.0877. The Bertz CT molecular complexity index is 7130. The Morgan fingerprint density at radius 2 is 0.441 bits per heavy atom. The second-order valence-electron chi connectivity index (χ2n) is 32.9. The summed E-state index contributed by atoms with van der Waals surface area (Å²) in [5.74, 6) is 0. The SMILES string of the molecule is Cc1ccc(Cl)cc1.FC(F)(F)C(c1ccc(N(c2ccc(Cl)cc2)c2cccc3ccccc23)cc1)(c1ccc(N(c2ccc(Cl)cc2)c2cccc3ccccc23)cc1)C(F)(F)F.FC(F)(F)C(c1ccc(Nc2cccc3ccccc23)cc1)(c1ccc(Nc2cccc3ccccc23)cc1)C(F)(F)F.I.Ic1cccc2ccccc12.Nc1ccc(C(c2ccc(N)cc2)(C(F)(F)F)C(F)(F)F)cc1. The number of alkyl halides is 18. The molecule has 19 aromatic rings. The van der Waals surface area contributed by atoms with Crippen LogP contribution in [0.1, 0.15) is 38.9 Å². The average Bonchev–Trinajstić information content (AvgIpc) is 0.726. The molecule has 0 aliphatic rings. The first kappa shape index (κ1) is 105. The number of hydrogen-bond donors (Lipinski definition) is 4. The number of nitrogens with one attached hydrogen (secondary N) is 2. The zero-order chi connectivity index (χ0) is 101. The minimum absolute atomic E-state index is 0. The van der Waals surface area contributed by atoms with Gasteiger partial charge in [-0.1, -0.05) is 307 Å². The van der Waals surface area contributed by atoms with Crippen molar-refractivity contribution in [2.24, 2.45) is 0 Å². The van der Waals surface area contributed by atoms with E-state index in [2.05, 4.69) is 75.7 Å². The van der Waals surface area contributed by atoms with E-state index in [1.807, 2.05) is 189 Å². The van der Waals surface area contributed by atoms with Gasteiger partial charge in [0, 0.05) is 97.1 Å². The van der Waals surface area contributed by atoms with Crippen molar-refractivity contribution in [2.45, 2.75) is 60.2 Å². The molecule has 0 atom stereocenters. The average molecular weight is 2240 g/mol. The summed E-state index contributed by atoms with van der Waals surface area (Å²) in [6.07, 6.45) is -34.2. The predicted molar refractivity (Wildman–Crippen MR) is 563 cm³/mol. The van der Waals surface area contributed by atoms with E-state index in [4.69, 9.17) is 46.3 Å². The van der Waals surface area contributed by atoms with E-state index in [0.29, 0.717) is 66.9 Å². The number of nitrogen functional groups attached to an aromatic ring is 2. The van der Waals surface area contributed by atoms with Crippen molar-refractivity contribution in [1.82, 2.24) is 0 Å². The van der Waals surface area contributed by atoms with Gasteiger partial charge in [-0.25, -0.2) is 0 Å². The Balaban J connectivity index is 0.000000164. The third-order valence-corrected chi connectivity index (χ3v) is 25.8. The summed E-state index contributed by atoms with van der Waals surface area (Å²) in [5, 5.41) is 17.7. The fourth-order valence-corrected chi connectivity index (χ4v) is 18.4. The summed E-state index contributed by atoms with van der Waals surface area (Å²) in [6.45, 7) is 2.04. The van der Waals surface area contributed by atoms with Crippen LogP contribution in [0.15, 0.2) is 431 Å². The predicted octanol–water partition coefficient (Wildman–Crippen LogP) is 37.5. The molecule has 0 aromatic heterocycles. The molecule has 0 unspecified atom stereocenters. The summed E-state index contributed by atoms with van der Waals surface area (Å²) in [5.41, 5.74) is -1.08. The number of fused-ring (bicyclic) bond motifs is 5. The lowest BCUT2D eigenvalue weighted by molar-refractivity contribution is -0.290. The van der Waals surface area contributed by atoms with E-state index in [1.165, 1.54) is 68.4 Å². The molecule has 143 heavy (non-hydrogen) atoms. The first-order chi connectivity index (χ1) is 67.6. The van der Waals surface area contributed by atoms with Crippen LogP contribution >= 0.6 is 81.4 Å². The van der Waals surface area contributed by atoms with E-state index in [1.54, 1.807) is 70.5 Å². The van der Waals surface area contributed by atoms with Gasteiger partial charge >= 0.3 is 37.1 Å². The lowest BCUT2D eigenvalue weighted by Gasteiger charge is -2.39. The number of aryl methyl sites for hydroxylation is 1. The van der Waals surface area contributed by atoms with Gasteiger partial charge in [0.05, 0.1) is 11.4 Å². The van der Waals surface area contributed by atoms with E-state index < -0.39 is 86.7 Å². The standard InChI is InChI=1S/C47H30Cl2F6N2.C35H24F6N2.C15H12F6N2.C10H7I.C7H7Cl.HI/c48-35-19-27-39(28-20-35)56(43-13-5-9-31-7-1-3-11-41(31)43)37-23-15-33(16-24-37)45(46(50,51)52,47(53,54)55)34-17-25-38(26-18-34)57(40-29-21-36(49)22-30-40)44-14-6-10-32-8-2-4-12-42(32)44;36-34(37,38)33(35(39,40)41,25-15-19-27(20-16-25)42-31-13-5-9-23-7-1-3-11-29(23)31)26-17-21-28(22-18-26)43-32-14-6-10-24-8-2-4-12-30(24)32;16-14(17,18)13(15(19,20)21,9-1-5-11(22)6-2-9)10-3-7-12(23)8-4-10;11-10-7-3-5-8-4-1-2-6-9(8)10;1-6-2-4-7(8)5-3-6;/h1-30H;1-22,42-43H;1-8H,22-23H2;1-7H;2-5H,1H3;1H. The third kappa shape index (κ3) is 22.3. The van der Waals surface area contributed by atoms with Gasteiger partial charge in [0.25, 0.3) is 0 Å². The van der Waals surface area contributed by atoms with Crippen LogP contribution in [-0.2, 0) is 16.2 Å². The first-order valence-electron chi connectivity index (χ1n) is 43.6. The van der Waals surface area contributed by atoms with Gasteiger partial charge in [0.15, 0.2) is 0 Å². The molecule has 0 radical (unpaired) electrons. The molecule has 0 heterocycles. The molecule has 29 heteroatoms. The Hall–Kier alpha value is -13.7. The van der Waals surface area contributed by atoms with Crippen molar-refractivity contribution in [3.05, 3.63) is 488 Å². The lowest BCUT2D eigenvalue weighted by atomic mass is 9.72. The van der Waals surface area contributed by atoms with Crippen LogP contribution in [0, 0.1) is 10.5 Å². The second kappa shape index (κ2) is 43.7. The molecular weight excluding hydrogens is 2160 g/mol. The van der Waals surface area contributed by atoms with Crippen molar-refractivity contribution in [3.63, 3.8) is 0 Å². The van der Waals surface area contributed by atoms with E-state index >= 15 is 26.3 Å². The maximum atomic E-state index is 15.5. The summed E-state index contributed by atoms with van der Waals surface area (Å²) in [7, 11) is 0. The molecular formula is C114H81Cl3F18I2N6. The molecule has 728 valence electrons. The molecule has 0 saturated heterocycles. The Morgan fingerprint density at radius 1 is 0.231 bits per heavy atom. The van der Waals surface area contributed by atoms with Crippen LogP contribution in [0.3, 0.4) is 0 Å². The van der Waals surface area contributed by atoms with Gasteiger partial charge < -0.3 is 31.9 Å². The Labute approximate surface area is 856 Å². The molecule has 0 aliphatic heterocycles. The van der Waals surface area contributed by atoms with Crippen LogP contribution in [0.4, 0.5) is 147 Å². The number of anilines is 12. The maximum Gasteiger partial charge on any atom is 0.411 e. The van der Waals surface area contributed by atoms with Crippen LogP contribution in [0.25, 0.3) is 53.9 Å². The maximum absolute atomic E-state index is 15.5. The summed E-state index contributed by atoms with van der Waals surface area (Å²) in [4.78, 5) is 3.55. The van der Waals surface area contributed by atoms with Crippen LogP contribution < -0.4 is 31.9 Å². The molecule has 19 aromatic carbocycles. The monoisotopic (exact) mass is 2230 g/mol. The largest absolute Gasteiger partial charge is 0.411 e. The molecule has 19 rings (SSSR count). The number of halogens is 23. The fourth-order valence-electron chi connectivity index (χ4n) is 17.3. The lowest BCUT2D eigenvalue weighted by Crippen LogP contribution is -2.54. The molecule has 6 N–H and O–H groups in total. The van der Waals surface area contributed by atoms with Crippen molar-refractivity contribution in [3.8, 4) is 0 Å². The zero-order valence-corrected chi connectivity index (χ0v) is 81.5. The van der Waals surface area contributed by atoms with Gasteiger partial charge in [-0.2, -0.15) is 79.0 Å². The highest BCUT2D eigenvalue weighted by atomic mass is 127. The second-order valence-corrected chi connectivity index (χ2v) is 35.4. The first-order valence-corrected chi connectivity index (χ1v) is 45.8. The van der Waals surface area contributed by atoms with E-state index in [9.17, 15) is 52.7 Å². The van der Waals surface area contributed by atoms with Crippen LogP contribution in [0.5, 0.6) is 0 Å². The number of benzene rings is 19. The molecule has 0 bridgehead atoms. The minimum atomic E-state index is -5.79. The van der Waals surface area contributed by atoms with Crippen LogP contribution in [-0.4, -0.2) is 37.1 Å². The topological polar surface area (TPSA) is 82.6 Å². The zero-order valence-electron chi connectivity index (χ0n) is 74.8. The molecule has 0 fully saturated rings. The van der Waals surface area contributed by atoms with Crippen molar-refractivity contribution < 1.29 is 79.0 Å². The van der Waals surface area contributed by atoms with Gasteiger partial charge in [-0.3, -0.25) is 0 Å². The van der Waals surface area contributed by atoms with Gasteiger partial charge in [0.1, 0.15) is 0 Å². The minimum Gasteiger partial charge on any atom is -0.399 e. The van der Waals surface area contributed by atoms with Gasteiger partial charge in [0.2, 0.25) is 16.2 Å². The number of nitrogens with zero attached hydrogens (tertiary/aromatic N) is 2. The van der Waals surface area contributed by atoms with Crippen molar-refractivity contribution in [1.29, 1.82) is 0 Å². The van der Waals surface area contributed by atoms with E-state index in [-0.39, 0.29) is 35.4 Å². The summed E-state index contributed by atoms with van der Waals surface area (Å²) < 4.78 is 265. The van der Waals surface area contributed by atoms with Crippen molar-refractivity contribution in [2.75, 3.05) is 31.9 Å². The molecule has 0 aliphatic carbocycles. The smallest absolute Gasteiger partial charge is 0.399 e. The highest BCUT2D eigenvalue weighted by Gasteiger charge is 2.75. The molecule has 6 nitrogen and oxygen atoms in total. The molecule has 0 spiro atoms. The number of nitrogens with two attached hydrogens (primary N) is 2. The molecule has 0 saturated carbocycles. The number of hydrogen-bond acceptors (Lipinski definition) is 6.